The molecule has 15 heavy (non-hydrogen) atoms. The van der Waals surface area contributed by atoms with Gasteiger partial charge in [0, 0.05) is 17.6 Å². The van der Waals surface area contributed by atoms with E-state index >= 15 is 0 Å². The summed E-state index contributed by atoms with van der Waals surface area (Å²) in [6, 6.07) is -0.158. The Balaban J connectivity index is 2.40. The maximum atomic E-state index is 6.16. The van der Waals surface area contributed by atoms with Crippen LogP contribution in [0, 0.1) is 0 Å². The van der Waals surface area contributed by atoms with Gasteiger partial charge in [-0.05, 0) is 22.9 Å². The molecule has 0 aliphatic rings. The third-order valence-corrected chi connectivity index (χ3v) is 3.65. The Morgan fingerprint density at radius 1 is 1.60 bits per heavy atom. The van der Waals surface area contributed by atoms with Gasteiger partial charge in [0.1, 0.15) is 0 Å². The molecule has 6 heteroatoms. The van der Waals surface area contributed by atoms with E-state index in [1.54, 1.807) is 29.2 Å². The molecule has 0 fully saturated rings. The van der Waals surface area contributed by atoms with Crippen molar-refractivity contribution in [3.05, 3.63) is 32.9 Å². The number of rotatable bonds is 3. The van der Waals surface area contributed by atoms with Crippen LogP contribution in [0.25, 0.3) is 0 Å². The minimum atomic E-state index is -0.158. The largest absolute Gasteiger partial charge is 0.318 e. The number of nitrogens with two attached hydrogens (primary N) is 1. The van der Waals surface area contributed by atoms with Crippen molar-refractivity contribution in [2.75, 3.05) is 0 Å². The molecule has 4 nitrogen and oxygen atoms in total. The van der Waals surface area contributed by atoms with Crippen LogP contribution in [0.4, 0.5) is 0 Å². The highest BCUT2D eigenvalue weighted by Gasteiger charge is 2.18. The molecule has 1 atom stereocenters. The molecule has 0 bridgehead atoms. The van der Waals surface area contributed by atoms with Gasteiger partial charge in [-0.2, -0.15) is 5.10 Å². The Labute approximate surface area is 100 Å². The lowest BCUT2D eigenvalue weighted by atomic mass is 10.2. The Morgan fingerprint density at radius 2 is 2.40 bits per heavy atom. The number of hydrogen-bond acceptors (Lipinski definition) is 4. The van der Waals surface area contributed by atoms with Gasteiger partial charge in [0.15, 0.2) is 0 Å². The molecule has 80 valence electrons. The minimum Gasteiger partial charge on any atom is -0.318 e. The van der Waals surface area contributed by atoms with Crippen LogP contribution in [0.5, 0.6) is 0 Å². The standard InChI is InChI=1S/C9H11BrN4S/c1-2-14-9(6(10)3-13-14)8(11)7-4-12-5-15-7/h3-5,8H,2,11H2,1H3. The zero-order valence-electron chi connectivity index (χ0n) is 8.22. The van der Waals surface area contributed by atoms with Crippen molar-refractivity contribution in [2.24, 2.45) is 5.73 Å². The van der Waals surface area contributed by atoms with Crippen molar-refractivity contribution in [1.82, 2.24) is 14.8 Å². The number of aryl methyl sites for hydroxylation is 1. The van der Waals surface area contributed by atoms with Gasteiger partial charge in [-0.1, -0.05) is 0 Å². The first-order chi connectivity index (χ1) is 7.24. The first-order valence-electron chi connectivity index (χ1n) is 4.59. The van der Waals surface area contributed by atoms with Crippen LogP contribution >= 0.6 is 27.3 Å². The fourth-order valence-electron chi connectivity index (χ4n) is 1.45. The Hall–Kier alpha value is -0.720. The molecule has 2 rings (SSSR count). The molecule has 2 heterocycles. The predicted octanol–water partition coefficient (Wildman–Crippen LogP) is 2.17. The van der Waals surface area contributed by atoms with E-state index in [0.717, 1.165) is 21.6 Å². The van der Waals surface area contributed by atoms with Gasteiger partial charge in [-0.3, -0.25) is 9.67 Å². The summed E-state index contributed by atoms with van der Waals surface area (Å²) in [7, 11) is 0. The summed E-state index contributed by atoms with van der Waals surface area (Å²) >= 11 is 5.02. The number of aromatic nitrogens is 3. The quantitative estimate of drug-likeness (QED) is 0.941. The number of hydrogen-bond donors (Lipinski definition) is 1. The van der Waals surface area contributed by atoms with E-state index in [1.807, 2.05) is 11.6 Å². The van der Waals surface area contributed by atoms with Gasteiger partial charge in [-0.15, -0.1) is 11.3 Å². The summed E-state index contributed by atoms with van der Waals surface area (Å²) in [5, 5.41) is 4.24. The van der Waals surface area contributed by atoms with E-state index in [1.165, 1.54) is 0 Å². The monoisotopic (exact) mass is 286 g/mol. The summed E-state index contributed by atoms with van der Waals surface area (Å²) in [5.41, 5.74) is 8.95. The van der Waals surface area contributed by atoms with Crippen LogP contribution in [0.15, 0.2) is 22.4 Å². The second-order valence-corrected chi connectivity index (χ2v) is 4.85. The summed E-state index contributed by atoms with van der Waals surface area (Å²) in [5.74, 6) is 0. The molecular weight excluding hydrogens is 276 g/mol. The van der Waals surface area contributed by atoms with Crippen molar-refractivity contribution < 1.29 is 0 Å². The highest BCUT2D eigenvalue weighted by Crippen LogP contribution is 2.28. The van der Waals surface area contributed by atoms with Crippen molar-refractivity contribution in [3.8, 4) is 0 Å². The number of thiazole rings is 1. The summed E-state index contributed by atoms with van der Waals surface area (Å²) in [6.45, 7) is 2.86. The SMILES string of the molecule is CCn1ncc(Br)c1C(N)c1cncs1. The van der Waals surface area contributed by atoms with Gasteiger partial charge in [-0.25, -0.2) is 0 Å². The lowest BCUT2D eigenvalue weighted by Gasteiger charge is -2.11. The molecule has 2 aromatic rings. The fraction of sp³-hybridized carbons (Fsp3) is 0.333. The van der Waals surface area contributed by atoms with E-state index in [4.69, 9.17) is 5.73 Å². The summed E-state index contributed by atoms with van der Waals surface area (Å²) in [4.78, 5) is 5.08. The van der Waals surface area contributed by atoms with Crippen molar-refractivity contribution in [1.29, 1.82) is 0 Å². The van der Waals surface area contributed by atoms with Crippen LogP contribution in [0.1, 0.15) is 23.5 Å². The minimum absolute atomic E-state index is 0.158. The first kappa shape index (κ1) is 10.8. The maximum Gasteiger partial charge on any atom is 0.0844 e. The lowest BCUT2D eigenvalue weighted by Crippen LogP contribution is -2.16. The molecule has 0 aromatic carbocycles. The van der Waals surface area contributed by atoms with Gasteiger partial charge in [0.25, 0.3) is 0 Å². The Kier molecular flexibility index (Phi) is 3.18. The van der Waals surface area contributed by atoms with Crippen LogP contribution < -0.4 is 5.73 Å². The average molecular weight is 287 g/mol. The van der Waals surface area contributed by atoms with Gasteiger partial charge in [0.05, 0.1) is 27.9 Å². The van der Waals surface area contributed by atoms with Crippen LogP contribution in [0.2, 0.25) is 0 Å². The topological polar surface area (TPSA) is 56.7 Å². The normalized spacial score (nSPS) is 13.0. The van der Waals surface area contributed by atoms with Crippen LogP contribution in [-0.4, -0.2) is 14.8 Å². The van der Waals surface area contributed by atoms with Crippen LogP contribution in [0.3, 0.4) is 0 Å². The summed E-state index contributed by atoms with van der Waals surface area (Å²) < 4.78 is 2.85. The first-order valence-corrected chi connectivity index (χ1v) is 6.26. The van der Waals surface area contributed by atoms with E-state index in [-0.39, 0.29) is 6.04 Å². The third-order valence-electron chi connectivity index (χ3n) is 2.19. The van der Waals surface area contributed by atoms with Crippen molar-refractivity contribution in [2.45, 2.75) is 19.5 Å². The van der Waals surface area contributed by atoms with E-state index in [0.29, 0.717) is 0 Å². The zero-order valence-corrected chi connectivity index (χ0v) is 10.6. The predicted molar refractivity (Wildman–Crippen MR) is 63.7 cm³/mol. The molecule has 0 spiro atoms. The molecule has 1 unspecified atom stereocenters. The molecule has 0 saturated heterocycles. The molecule has 0 radical (unpaired) electrons. The molecule has 0 aliphatic heterocycles. The smallest absolute Gasteiger partial charge is 0.0844 e. The summed E-state index contributed by atoms with van der Waals surface area (Å²) in [6.07, 6.45) is 3.58. The Bertz CT molecular complexity index is 437. The molecule has 2 aromatic heterocycles. The van der Waals surface area contributed by atoms with Crippen molar-refractivity contribution >= 4 is 27.3 Å². The second kappa shape index (κ2) is 4.42. The molecule has 0 aliphatic carbocycles. The van der Waals surface area contributed by atoms with Gasteiger partial charge < -0.3 is 5.73 Å². The molecular formula is C9H11BrN4S. The third kappa shape index (κ3) is 1.97. The second-order valence-electron chi connectivity index (χ2n) is 3.07. The molecule has 2 N–H and O–H groups in total. The fourth-order valence-corrected chi connectivity index (χ4v) is 2.61. The van der Waals surface area contributed by atoms with E-state index < -0.39 is 0 Å². The van der Waals surface area contributed by atoms with Gasteiger partial charge in [0.2, 0.25) is 0 Å². The lowest BCUT2D eigenvalue weighted by molar-refractivity contribution is 0.602. The average Bonchev–Trinajstić information content (AvgIpc) is 2.85. The Morgan fingerprint density at radius 3 is 3.00 bits per heavy atom. The van der Waals surface area contributed by atoms with E-state index in [9.17, 15) is 0 Å². The number of halogens is 1. The van der Waals surface area contributed by atoms with Crippen LogP contribution in [-0.2, 0) is 6.54 Å². The molecule has 0 saturated carbocycles. The zero-order chi connectivity index (χ0) is 10.8. The van der Waals surface area contributed by atoms with Gasteiger partial charge >= 0.3 is 0 Å². The number of nitrogens with zero attached hydrogens (tertiary/aromatic N) is 3. The molecule has 0 amide bonds. The highest BCUT2D eigenvalue weighted by molar-refractivity contribution is 9.10. The van der Waals surface area contributed by atoms with E-state index in [2.05, 4.69) is 26.0 Å². The highest BCUT2D eigenvalue weighted by atomic mass is 79.9. The maximum absolute atomic E-state index is 6.16. The van der Waals surface area contributed by atoms with Crippen molar-refractivity contribution in [3.63, 3.8) is 0 Å².